The predicted octanol–water partition coefficient (Wildman–Crippen LogP) is 4.14. The first-order chi connectivity index (χ1) is 8.49. The highest BCUT2D eigenvalue weighted by Gasteiger charge is 2.15. The zero-order chi connectivity index (χ0) is 13.3. The summed E-state index contributed by atoms with van der Waals surface area (Å²) in [5, 5.41) is 0.490. The van der Waals surface area contributed by atoms with Crippen LogP contribution >= 0.6 is 11.6 Å². The van der Waals surface area contributed by atoms with Gasteiger partial charge in [0.1, 0.15) is 5.82 Å². The van der Waals surface area contributed by atoms with Crippen molar-refractivity contribution in [1.29, 1.82) is 0 Å². The monoisotopic (exact) mass is 263 g/mol. The third-order valence-electron chi connectivity index (χ3n) is 3.05. The number of hydrogen-bond donors (Lipinski definition) is 1. The third kappa shape index (κ3) is 2.55. The van der Waals surface area contributed by atoms with Gasteiger partial charge in [-0.1, -0.05) is 35.4 Å². The highest BCUT2D eigenvalue weighted by Crippen LogP contribution is 2.29. The van der Waals surface area contributed by atoms with E-state index in [1.807, 2.05) is 26.0 Å². The molecule has 0 aliphatic heterocycles. The predicted molar refractivity (Wildman–Crippen MR) is 73.4 cm³/mol. The molecule has 0 radical (unpaired) electrons. The van der Waals surface area contributed by atoms with Crippen molar-refractivity contribution in [2.45, 2.75) is 19.9 Å². The Balaban J connectivity index is 2.47. The summed E-state index contributed by atoms with van der Waals surface area (Å²) >= 11 is 6.08. The first-order valence-corrected chi connectivity index (χ1v) is 6.14. The van der Waals surface area contributed by atoms with E-state index in [0.717, 1.165) is 11.1 Å². The van der Waals surface area contributed by atoms with Gasteiger partial charge in [0.05, 0.1) is 6.04 Å². The van der Waals surface area contributed by atoms with Crippen LogP contribution in [0.15, 0.2) is 36.4 Å². The van der Waals surface area contributed by atoms with Gasteiger partial charge in [0, 0.05) is 5.02 Å². The Kier molecular flexibility index (Phi) is 3.69. The van der Waals surface area contributed by atoms with Crippen molar-refractivity contribution < 1.29 is 4.39 Å². The van der Waals surface area contributed by atoms with E-state index >= 15 is 0 Å². The van der Waals surface area contributed by atoms with Crippen LogP contribution in [-0.4, -0.2) is 0 Å². The summed E-state index contributed by atoms with van der Waals surface area (Å²) in [4.78, 5) is 0. The summed E-state index contributed by atoms with van der Waals surface area (Å²) in [5.74, 6) is -0.324. The number of hydrogen-bond acceptors (Lipinski definition) is 1. The van der Waals surface area contributed by atoms with E-state index < -0.39 is 6.04 Å². The molecule has 0 aliphatic rings. The molecule has 94 valence electrons. The van der Waals surface area contributed by atoms with Gasteiger partial charge in [-0.25, -0.2) is 4.39 Å². The minimum absolute atomic E-state index is 0.324. The highest BCUT2D eigenvalue weighted by atomic mass is 35.5. The zero-order valence-corrected chi connectivity index (χ0v) is 11.1. The first kappa shape index (κ1) is 13.1. The molecule has 0 aliphatic carbocycles. The van der Waals surface area contributed by atoms with E-state index in [-0.39, 0.29) is 5.82 Å². The maximum Gasteiger partial charge on any atom is 0.123 e. The van der Waals surface area contributed by atoms with Gasteiger partial charge in [-0.2, -0.15) is 0 Å². The molecule has 0 aromatic heterocycles. The standard InChI is InChI=1S/C15H15ClFN/c1-9-3-5-12(10(2)7-9)15(18)13-8-11(17)4-6-14(13)16/h3-8,15H,18H2,1-2H3. The van der Waals surface area contributed by atoms with Crippen molar-refractivity contribution in [2.24, 2.45) is 5.73 Å². The van der Waals surface area contributed by atoms with E-state index in [1.165, 1.54) is 23.8 Å². The normalized spacial score (nSPS) is 12.5. The number of benzene rings is 2. The number of aryl methyl sites for hydroxylation is 2. The summed E-state index contributed by atoms with van der Waals surface area (Å²) in [6.07, 6.45) is 0. The Morgan fingerprint density at radius 2 is 1.78 bits per heavy atom. The largest absolute Gasteiger partial charge is 0.320 e. The molecule has 2 aromatic rings. The van der Waals surface area contributed by atoms with Crippen LogP contribution in [0.1, 0.15) is 28.3 Å². The van der Waals surface area contributed by atoms with E-state index in [2.05, 4.69) is 6.07 Å². The number of nitrogens with two attached hydrogens (primary N) is 1. The van der Waals surface area contributed by atoms with Crippen molar-refractivity contribution >= 4 is 11.6 Å². The molecular formula is C15H15ClFN. The van der Waals surface area contributed by atoms with Gasteiger partial charge in [0.25, 0.3) is 0 Å². The highest BCUT2D eigenvalue weighted by molar-refractivity contribution is 6.31. The summed E-state index contributed by atoms with van der Waals surface area (Å²) in [7, 11) is 0. The van der Waals surface area contributed by atoms with Gasteiger partial charge < -0.3 is 5.73 Å². The molecule has 0 amide bonds. The average molecular weight is 264 g/mol. The van der Waals surface area contributed by atoms with Crippen molar-refractivity contribution in [3.8, 4) is 0 Å². The van der Waals surface area contributed by atoms with Gasteiger partial charge in [-0.3, -0.25) is 0 Å². The van der Waals surface area contributed by atoms with Gasteiger partial charge in [0.15, 0.2) is 0 Å². The molecule has 2 N–H and O–H groups in total. The van der Waals surface area contributed by atoms with E-state index in [0.29, 0.717) is 10.6 Å². The molecule has 2 rings (SSSR count). The van der Waals surface area contributed by atoms with Crippen LogP contribution in [0.4, 0.5) is 4.39 Å². The molecule has 18 heavy (non-hydrogen) atoms. The summed E-state index contributed by atoms with van der Waals surface area (Å²) in [6, 6.07) is 9.88. The fraction of sp³-hybridized carbons (Fsp3) is 0.200. The van der Waals surface area contributed by atoms with Gasteiger partial charge in [-0.05, 0) is 48.7 Å². The van der Waals surface area contributed by atoms with Gasteiger partial charge >= 0.3 is 0 Å². The third-order valence-corrected chi connectivity index (χ3v) is 3.40. The average Bonchev–Trinajstić information content (AvgIpc) is 2.31. The maximum atomic E-state index is 13.3. The Morgan fingerprint density at radius 3 is 2.44 bits per heavy atom. The molecule has 0 spiro atoms. The molecule has 3 heteroatoms. The van der Waals surface area contributed by atoms with Gasteiger partial charge in [-0.15, -0.1) is 0 Å². The molecule has 2 aromatic carbocycles. The van der Waals surface area contributed by atoms with Crippen LogP contribution < -0.4 is 5.73 Å². The lowest BCUT2D eigenvalue weighted by atomic mass is 9.94. The molecular weight excluding hydrogens is 249 g/mol. The Hall–Kier alpha value is -1.38. The fourth-order valence-corrected chi connectivity index (χ4v) is 2.33. The summed E-state index contributed by atoms with van der Waals surface area (Å²) in [6.45, 7) is 4.02. The van der Waals surface area contributed by atoms with Crippen molar-refractivity contribution in [2.75, 3.05) is 0 Å². The lowest BCUT2D eigenvalue weighted by Crippen LogP contribution is -2.14. The van der Waals surface area contributed by atoms with E-state index in [1.54, 1.807) is 0 Å². The van der Waals surface area contributed by atoms with Crippen molar-refractivity contribution in [1.82, 2.24) is 0 Å². The molecule has 0 fully saturated rings. The molecule has 0 bridgehead atoms. The SMILES string of the molecule is Cc1ccc(C(N)c2cc(F)ccc2Cl)c(C)c1. The van der Waals surface area contributed by atoms with Gasteiger partial charge in [0.2, 0.25) is 0 Å². The quantitative estimate of drug-likeness (QED) is 0.866. The summed E-state index contributed by atoms with van der Waals surface area (Å²) < 4.78 is 13.3. The molecule has 1 nitrogen and oxygen atoms in total. The van der Waals surface area contributed by atoms with Crippen LogP contribution in [0.25, 0.3) is 0 Å². The van der Waals surface area contributed by atoms with Crippen molar-refractivity contribution in [3.05, 3.63) is 69.5 Å². The smallest absolute Gasteiger partial charge is 0.123 e. The number of halogens is 2. The zero-order valence-electron chi connectivity index (χ0n) is 10.4. The van der Waals surface area contributed by atoms with Crippen molar-refractivity contribution in [3.63, 3.8) is 0 Å². The maximum absolute atomic E-state index is 13.3. The van der Waals surface area contributed by atoms with Crippen LogP contribution in [-0.2, 0) is 0 Å². The lowest BCUT2D eigenvalue weighted by Gasteiger charge is -2.17. The minimum atomic E-state index is -0.409. The fourth-order valence-electron chi connectivity index (χ4n) is 2.10. The second-order valence-electron chi connectivity index (χ2n) is 4.50. The van der Waals surface area contributed by atoms with E-state index in [9.17, 15) is 4.39 Å². The van der Waals surface area contributed by atoms with Crippen LogP contribution in [0, 0.1) is 19.7 Å². The topological polar surface area (TPSA) is 26.0 Å². The van der Waals surface area contributed by atoms with Crippen LogP contribution in [0.3, 0.4) is 0 Å². The Morgan fingerprint density at radius 1 is 1.06 bits per heavy atom. The molecule has 0 saturated carbocycles. The molecule has 0 saturated heterocycles. The summed E-state index contributed by atoms with van der Waals surface area (Å²) in [5.41, 5.74) is 10.0. The molecule has 1 atom stereocenters. The minimum Gasteiger partial charge on any atom is -0.320 e. The first-order valence-electron chi connectivity index (χ1n) is 5.76. The lowest BCUT2D eigenvalue weighted by molar-refractivity contribution is 0.623. The Labute approximate surface area is 111 Å². The van der Waals surface area contributed by atoms with E-state index in [4.69, 9.17) is 17.3 Å². The second kappa shape index (κ2) is 5.09. The second-order valence-corrected chi connectivity index (χ2v) is 4.91. The number of rotatable bonds is 2. The Bertz CT molecular complexity index is 581. The molecule has 0 heterocycles. The van der Waals surface area contributed by atoms with Crippen LogP contribution in [0.2, 0.25) is 5.02 Å². The van der Waals surface area contributed by atoms with Crippen LogP contribution in [0.5, 0.6) is 0 Å². The molecule has 1 unspecified atom stereocenters.